The molecule has 4 heteroatoms. The highest BCUT2D eigenvalue weighted by Crippen LogP contribution is 2.10. The molecular weight excluding hydrogens is 252 g/mol. The van der Waals surface area contributed by atoms with Crippen molar-refractivity contribution in [3.63, 3.8) is 0 Å². The van der Waals surface area contributed by atoms with Crippen molar-refractivity contribution >= 4 is 12.1 Å². The van der Waals surface area contributed by atoms with Crippen molar-refractivity contribution in [2.24, 2.45) is 5.10 Å². The number of carbonyl (C=O) groups excluding carboxylic acids is 1. The minimum Gasteiger partial charge on any atom is -0.497 e. The van der Waals surface area contributed by atoms with E-state index in [0.29, 0.717) is 6.42 Å². The van der Waals surface area contributed by atoms with Gasteiger partial charge in [-0.2, -0.15) is 5.10 Å². The van der Waals surface area contributed by atoms with E-state index in [1.807, 2.05) is 24.3 Å². The summed E-state index contributed by atoms with van der Waals surface area (Å²) in [6.45, 7) is 2.18. The van der Waals surface area contributed by atoms with Crippen molar-refractivity contribution in [2.45, 2.75) is 45.4 Å². The van der Waals surface area contributed by atoms with Crippen LogP contribution in [0.25, 0.3) is 0 Å². The molecule has 0 aliphatic rings. The minimum absolute atomic E-state index is 0.0272. The van der Waals surface area contributed by atoms with Crippen molar-refractivity contribution in [3.8, 4) is 5.75 Å². The molecule has 0 bridgehead atoms. The summed E-state index contributed by atoms with van der Waals surface area (Å²) in [6, 6.07) is 7.52. The maximum Gasteiger partial charge on any atom is 0.240 e. The Labute approximate surface area is 121 Å². The zero-order valence-corrected chi connectivity index (χ0v) is 12.4. The molecule has 0 aliphatic heterocycles. The van der Waals surface area contributed by atoms with E-state index >= 15 is 0 Å². The Morgan fingerprint density at radius 3 is 2.85 bits per heavy atom. The highest BCUT2D eigenvalue weighted by molar-refractivity contribution is 5.82. The van der Waals surface area contributed by atoms with Crippen LogP contribution in [-0.2, 0) is 4.79 Å². The van der Waals surface area contributed by atoms with Gasteiger partial charge in [-0.1, -0.05) is 44.7 Å². The molecule has 1 rings (SSSR count). The van der Waals surface area contributed by atoms with Crippen LogP contribution in [0.1, 0.15) is 51.0 Å². The fraction of sp³-hybridized carbons (Fsp3) is 0.500. The molecule has 110 valence electrons. The predicted octanol–water partition coefficient (Wildman–Crippen LogP) is 3.51. The average molecular weight is 276 g/mol. The quantitative estimate of drug-likeness (QED) is 0.426. The van der Waals surface area contributed by atoms with Gasteiger partial charge in [0.1, 0.15) is 5.75 Å². The van der Waals surface area contributed by atoms with Gasteiger partial charge in [-0.3, -0.25) is 4.79 Å². The molecule has 0 radical (unpaired) electrons. The number of ether oxygens (including phenoxy) is 1. The van der Waals surface area contributed by atoms with Crippen LogP contribution in [0.3, 0.4) is 0 Å². The monoisotopic (exact) mass is 276 g/mol. The summed E-state index contributed by atoms with van der Waals surface area (Å²) >= 11 is 0. The summed E-state index contributed by atoms with van der Waals surface area (Å²) in [4.78, 5) is 11.5. The predicted molar refractivity (Wildman–Crippen MR) is 82.1 cm³/mol. The molecule has 0 atom stereocenters. The summed E-state index contributed by atoms with van der Waals surface area (Å²) in [7, 11) is 1.62. The van der Waals surface area contributed by atoms with E-state index in [9.17, 15) is 4.79 Å². The molecule has 0 saturated heterocycles. The third-order valence-electron chi connectivity index (χ3n) is 3.00. The van der Waals surface area contributed by atoms with E-state index in [2.05, 4.69) is 17.5 Å². The van der Waals surface area contributed by atoms with Crippen molar-refractivity contribution in [3.05, 3.63) is 29.8 Å². The number of amides is 1. The lowest BCUT2D eigenvalue weighted by atomic mass is 10.1. The highest BCUT2D eigenvalue weighted by Gasteiger charge is 1.99. The molecule has 0 spiro atoms. The molecule has 0 aromatic heterocycles. The number of nitrogens with one attached hydrogen (secondary N) is 1. The topological polar surface area (TPSA) is 50.7 Å². The Bertz CT molecular complexity index is 430. The lowest BCUT2D eigenvalue weighted by Crippen LogP contribution is -2.16. The van der Waals surface area contributed by atoms with Crippen LogP contribution in [0.4, 0.5) is 0 Å². The van der Waals surface area contributed by atoms with Gasteiger partial charge in [-0.25, -0.2) is 5.43 Å². The van der Waals surface area contributed by atoms with Gasteiger partial charge in [0.25, 0.3) is 0 Å². The molecule has 0 fully saturated rings. The lowest BCUT2D eigenvalue weighted by Gasteiger charge is -2.01. The number of hydrazone groups is 1. The summed E-state index contributed by atoms with van der Waals surface area (Å²) in [6.07, 6.45) is 7.88. The SMILES string of the molecule is CCCCCCCC(=O)NN=Cc1cccc(OC)c1. The number of rotatable bonds is 9. The lowest BCUT2D eigenvalue weighted by molar-refractivity contribution is -0.121. The smallest absolute Gasteiger partial charge is 0.240 e. The number of hydrogen-bond donors (Lipinski definition) is 1. The van der Waals surface area contributed by atoms with Gasteiger partial charge in [0, 0.05) is 6.42 Å². The minimum atomic E-state index is -0.0272. The van der Waals surface area contributed by atoms with Crippen molar-refractivity contribution in [1.82, 2.24) is 5.43 Å². The molecular formula is C16H24N2O2. The molecule has 1 aromatic carbocycles. The van der Waals surface area contributed by atoms with Crippen LogP contribution in [-0.4, -0.2) is 19.2 Å². The number of unbranched alkanes of at least 4 members (excludes halogenated alkanes) is 4. The number of hydrogen-bond acceptors (Lipinski definition) is 3. The third kappa shape index (κ3) is 6.92. The van der Waals surface area contributed by atoms with Crippen molar-refractivity contribution in [2.75, 3.05) is 7.11 Å². The Morgan fingerprint density at radius 1 is 1.30 bits per heavy atom. The highest BCUT2D eigenvalue weighted by atomic mass is 16.5. The van der Waals surface area contributed by atoms with E-state index < -0.39 is 0 Å². The van der Waals surface area contributed by atoms with Gasteiger partial charge in [0.05, 0.1) is 13.3 Å². The van der Waals surface area contributed by atoms with Crippen LogP contribution >= 0.6 is 0 Å². The van der Waals surface area contributed by atoms with Crippen LogP contribution < -0.4 is 10.2 Å². The van der Waals surface area contributed by atoms with E-state index in [1.165, 1.54) is 19.3 Å². The number of benzene rings is 1. The normalized spacial score (nSPS) is 10.7. The maximum atomic E-state index is 11.5. The van der Waals surface area contributed by atoms with E-state index in [-0.39, 0.29) is 5.91 Å². The Kier molecular flexibility index (Phi) is 8.11. The molecule has 0 saturated carbocycles. The van der Waals surface area contributed by atoms with E-state index in [1.54, 1.807) is 13.3 Å². The van der Waals surface area contributed by atoms with E-state index in [4.69, 9.17) is 4.74 Å². The van der Waals surface area contributed by atoms with Crippen LogP contribution in [0.5, 0.6) is 5.75 Å². The number of carbonyl (C=O) groups is 1. The zero-order chi connectivity index (χ0) is 14.6. The second-order valence-electron chi connectivity index (χ2n) is 4.73. The van der Waals surface area contributed by atoms with Gasteiger partial charge in [-0.05, 0) is 24.1 Å². The Balaban J connectivity index is 2.24. The Morgan fingerprint density at radius 2 is 2.10 bits per heavy atom. The van der Waals surface area contributed by atoms with Crippen LogP contribution in [0, 0.1) is 0 Å². The summed E-state index contributed by atoms with van der Waals surface area (Å²) in [5.74, 6) is 0.747. The first-order chi connectivity index (χ1) is 9.76. The maximum absolute atomic E-state index is 11.5. The van der Waals surface area contributed by atoms with Gasteiger partial charge in [0.15, 0.2) is 0 Å². The largest absolute Gasteiger partial charge is 0.497 e. The Hall–Kier alpha value is -1.84. The second-order valence-corrected chi connectivity index (χ2v) is 4.73. The average Bonchev–Trinajstić information content (AvgIpc) is 2.47. The van der Waals surface area contributed by atoms with Crippen LogP contribution in [0.2, 0.25) is 0 Å². The number of methoxy groups -OCH3 is 1. The van der Waals surface area contributed by atoms with Gasteiger partial charge in [-0.15, -0.1) is 0 Å². The molecule has 1 amide bonds. The fourth-order valence-corrected chi connectivity index (χ4v) is 1.85. The second kappa shape index (κ2) is 10.0. The van der Waals surface area contributed by atoms with Gasteiger partial charge in [0.2, 0.25) is 5.91 Å². The molecule has 0 unspecified atom stereocenters. The zero-order valence-electron chi connectivity index (χ0n) is 12.4. The van der Waals surface area contributed by atoms with E-state index in [0.717, 1.165) is 24.2 Å². The standard InChI is InChI=1S/C16H24N2O2/c1-3-4-5-6-7-11-16(19)18-17-13-14-9-8-10-15(12-14)20-2/h8-10,12-13H,3-7,11H2,1-2H3,(H,18,19). The summed E-state index contributed by atoms with van der Waals surface area (Å²) < 4.78 is 5.12. The van der Waals surface area contributed by atoms with Gasteiger partial charge >= 0.3 is 0 Å². The summed E-state index contributed by atoms with van der Waals surface area (Å²) in [5, 5.41) is 3.95. The third-order valence-corrected chi connectivity index (χ3v) is 3.00. The first-order valence-corrected chi connectivity index (χ1v) is 7.22. The molecule has 1 N–H and O–H groups in total. The van der Waals surface area contributed by atoms with Crippen molar-refractivity contribution < 1.29 is 9.53 Å². The molecule has 0 heterocycles. The fourth-order valence-electron chi connectivity index (χ4n) is 1.85. The molecule has 4 nitrogen and oxygen atoms in total. The van der Waals surface area contributed by atoms with Crippen molar-refractivity contribution in [1.29, 1.82) is 0 Å². The van der Waals surface area contributed by atoms with Gasteiger partial charge < -0.3 is 4.74 Å². The molecule has 1 aromatic rings. The first kappa shape index (κ1) is 16.2. The van der Waals surface area contributed by atoms with Crippen LogP contribution in [0.15, 0.2) is 29.4 Å². The molecule has 0 aliphatic carbocycles. The molecule has 20 heavy (non-hydrogen) atoms. The number of nitrogens with zero attached hydrogens (tertiary/aromatic N) is 1. The summed E-state index contributed by atoms with van der Waals surface area (Å²) in [5.41, 5.74) is 3.45. The first-order valence-electron chi connectivity index (χ1n) is 7.22.